The standard InChI is InChI=1S/C11H8BrNO3/c1-6-2-7-4-8(5-12)16-11(14)10(7)9(3-6)13-15/h2-4H,5H2,1H3. The lowest BCUT2D eigenvalue weighted by molar-refractivity contribution is 0.486. The van der Waals surface area contributed by atoms with Crippen molar-refractivity contribution in [2.24, 2.45) is 5.18 Å². The van der Waals surface area contributed by atoms with Crippen molar-refractivity contribution in [2.75, 3.05) is 0 Å². The molecule has 0 fully saturated rings. The van der Waals surface area contributed by atoms with E-state index in [1.807, 2.05) is 13.0 Å². The SMILES string of the molecule is Cc1cc(N=O)c2c(=O)oc(CBr)cc2c1. The molecule has 0 saturated heterocycles. The quantitative estimate of drug-likeness (QED) is 0.626. The van der Waals surface area contributed by atoms with Crippen molar-refractivity contribution in [3.63, 3.8) is 0 Å². The zero-order valence-electron chi connectivity index (χ0n) is 8.49. The molecule has 0 aliphatic carbocycles. The van der Waals surface area contributed by atoms with Gasteiger partial charge in [0.25, 0.3) is 0 Å². The van der Waals surface area contributed by atoms with Gasteiger partial charge in [-0.2, -0.15) is 0 Å². The molecule has 0 unspecified atom stereocenters. The normalized spacial score (nSPS) is 10.6. The summed E-state index contributed by atoms with van der Waals surface area (Å²) in [7, 11) is 0. The second-order valence-electron chi connectivity index (χ2n) is 3.47. The number of hydrogen-bond acceptors (Lipinski definition) is 4. The molecule has 1 aromatic heterocycles. The molecule has 0 N–H and O–H groups in total. The van der Waals surface area contributed by atoms with Crippen molar-refractivity contribution >= 4 is 32.4 Å². The maximum absolute atomic E-state index is 11.7. The van der Waals surface area contributed by atoms with E-state index in [-0.39, 0.29) is 11.1 Å². The van der Waals surface area contributed by atoms with E-state index in [9.17, 15) is 9.70 Å². The van der Waals surface area contributed by atoms with Crippen LogP contribution in [-0.4, -0.2) is 0 Å². The molecule has 0 radical (unpaired) electrons. The van der Waals surface area contributed by atoms with Gasteiger partial charge in [0.05, 0.1) is 10.7 Å². The Morgan fingerprint density at radius 3 is 2.75 bits per heavy atom. The van der Waals surface area contributed by atoms with Gasteiger partial charge in [-0.1, -0.05) is 22.0 Å². The highest BCUT2D eigenvalue weighted by atomic mass is 79.9. The first kappa shape index (κ1) is 11.0. The second kappa shape index (κ2) is 4.17. The highest BCUT2D eigenvalue weighted by Gasteiger charge is 2.10. The maximum atomic E-state index is 11.7. The summed E-state index contributed by atoms with van der Waals surface area (Å²) in [6, 6.07) is 5.13. The van der Waals surface area contributed by atoms with Crippen LogP contribution in [-0.2, 0) is 5.33 Å². The van der Waals surface area contributed by atoms with E-state index in [1.54, 1.807) is 12.1 Å². The molecule has 16 heavy (non-hydrogen) atoms. The van der Waals surface area contributed by atoms with Gasteiger partial charge in [-0.15, -0.1) is 4.91 Å². The minimum atomic E-state index is -0.526. The third-order valence-corrected chi connectivity index (χ3v) is 2.82. The zero-order chi connectivity index (χ0) is 11.7. The fourth-order valence-corrected chi connectivity index (χ4v) is 1.92. The van der Waals surface area contributed by atoms with E-state index >= 15 is 0 Å². The summed E-state index contributed by atoms with van der Waals surface area (Å²) < 4.78 is 5.02. The fraction of sp³-hybridized carbons (Fsp3) is 0.182. The van der Waals surface area contributed by atoms with Crippen LogP contribution >= 0.6 is 15.9 Å². The van der Waals surface area contributed by atoms with Crippen molar-refractivity contribution in [1.82, 2.24) is 0 Å². The molecule has 0 bridgehead atoms. The number of fused-ring (bicyclic) bond motifs is 1. The summed E-state index contributed by atoms with van der Waals surface area (Å²) in [5, 5.41) is 4.23. The Bertz CT molecular complexity index is 618. The second-order valence-corrected chi connectivity index (χ2v) is 4.03. The number of halogens is 1. The molecular weight excluding hydrogens is 274 g/mol. The van der Waals surface area contributed by atoms with E-state index in [4.69, 9.17) is 4.42 Å². The number of rotatable bonds is 2. The summed E-state index contributed by atoms with van der Waals surface area (Å²) in [4.78, 5) is 22.3. The Morgan fingerprint density at radius 2 is 2.12 bits per heavy atom. The lowest BCUT2D eigenvalue weighted by Gasteiger charge is -2.02. The third-order valence-electron chi connectivity index (χ3n) is 2.27. The average Bonchev–Trinajstić information content (AvgIpc) is 2.26. The van der Waals surface area contributed by atoms with Crippen LogP contribution in [0, 0.1) is 11.8 Å². The Labute approximate surface area is 99.4 Å². The number of aryl methyl sites for hydroxylation is 1. The van der Waals surface area contributed by atoms with Crippen molar-refractivity contribution in [3.05, 3.63) is 44.8 Å². The topological polar surface area (TPSA) is 59.6 Å². The van der Waals surface area contributed by atoms with E-state index < -0.39 is 5.63 Å². The summed E-state index contributed by atoms with van der Waals surface area (Å²) in [6.45, 7) is 1.84. The van der Waals surface area contributed by atoms with E-state index in [2.05, 4.69) is 21.1 Å². The van der Waals surface area contributed by atoms with Gasteiger partial charge in [-0.05, 0) is 35.2 Å². The van der Waals surface area contributed by atoms with Crippen LogP contribution in [0.15, 0.2) is 32.6 Å². The highest BCUT2D eigenvalue weighted by Crippen LogP contribution is 2.26. The van der Waals surface area contributed by atoms with Crippen LogP contribution in [0.5, 0.6) is 0 Å². The Balaban J connectivity index is 2.94. The maximum Gasteiger partial charge on any atom is 0.346 e. The number of nitroso groups, excluding NO2 is 1. The Hall–Kier alpha value is -1.49. The van der Waals surface area contributed by atoms with E-state index in [0.29, 0.717) is 16.5 Å². The number of alkyl halides is 1. The summed E-state index contributed by atoms with van der Waals surface area (Å²) in [5.41, 5.74) is 0.486. The van der Waals surface area contributed by atoms with Gasteiger partial charge >= 0.3 is 5.63 Å². The van der Waals surface area contributed by atoms with Gasteiger partial charge in [-0.3, -0.25) is 0 Å². The summed E-state index contributed by atoms with van der Waals surface area (Å²) in [6.07, 6.45) is 0. The zero-order valence-corrected chi connectivity index (χ0v) is 10.1. The Kier molecular flexibility index (Phi) is 2.87. The highest BCUT2D eigenvalue weighted by molar-refractivity contribution is 9.08. The van der Waals surface area contributed by atoms with Crippen molar-refractivity contribution in [1.29, 1.82) is 0 Å². The molecule has 0 aliphatic heterocycles. The Morgan fingerprint density at radius 1 is 1.38 bits per heavy atom. The van der Waals surface area contributed by atoms with Crippen LogP contribution in [0.3, 0.4) is 0 Å². The van der Waals surface area contributed by atoms with Crippen LogP contribution in [0.4, 0.5) is 5.69 Å². The smallest absolute Gasteiger partial charge is 0.346 e. The van der Waals surface area contributed by atoms with Crippen LogP contribution in [0.2, 0.25) is 0 Å². The van der Waals surface area contributed by atoms with Crippen molar-refractivity contribution in [3.8, 4) is 0 Å². The van der Waals surface area contributed by atoms with Gasteiger partial charge in [0, 0.05) is 0 Å². The van der Waals surface area contributed by atoms with Crippen LogP contribution < -0.4 is 5.63 Å². The number of nitrogens with zero attached hydrogens (tertiary/aromatic N) is 1. The molecule has 2 rings (SSSR count). The van der Waals surface area contributed by atoms with Crippen LogP contribution in [0.25, 0.3) is 10.8 Å². The molecule has 4 nitrogen and oxygen atoms in total. The number of benzene rings is 1. The first-order chi connectivity index (χ1) is 7.65. The lowest BCUT2D eigenvalue weighted by Crippen LogP contribution is -2.01. The average molecular weight is 282 g/mol. The van der Waals surface area contributed by atoms with Crippen LogP contribution in [0.1, 0.15) is 11.3 Å². The number of hydrogen-bond donors (Lipinski definition) is 0. The predicted molar refractivity (Wildman–Crippen MR) is 65.3 cm³/mol. The molecule has 0 saturated carbocycles. The monoisotopic (exact) mass is 281 g/mol. The van der Waals surface area contributed by atoms with Crippen molar-refractivity contribution in [2.45, 2.75) is 12.3 Å². The van der Waals surface area contributed by atoms with Gasteiger partial charge in [0.2, 0.25) is 0 Å². The summed E-state index contributed by atoms with van der Waals surface area (Å²) >= 11 is 3.21. The molecular formula is C11H8BrNO3. The first-order valence-corrected chi connectivity index (χ1v) is 5.74. The molecule has 82 valence electrons. The molecule has 5 heteroatoms. The van der Waals surface area contributed by atoms with E-state index in [1.165, 1.54) is 0 Å². The molecule has 0 spiro atoms. The summed E-state index contributed by atoms with van der Waals surface area (Å²) in [5.74, 6) is 0.528. The third kappa shape index (κ3) is 1.78. The van der Waals surface area contributed by atoms with Crippen molar-refractivity contribution < 1.29 is 4.42 Å². The molecule has 1 heterocycles. The van der Waals surface area contributed by atoms with Gasteiger partial charge in [0.15, 0.2) is 0 Å². The largest absolute Gasteiger partial charge is 0.426 e. The molecule has 1 aromatic carbocycles. The predicted octanol–water partition coefficient (Wildman–Crippen LogP) is 3.39. The molecule has 0 atom stereocenters. The van der Waals surface area contributed by atoms with E-state index in [0.717, 1.165) is 5.56 Å². The van der Waals surface area contributed by atoms with Gasteiger partial charge in [-0.25, -0.2) is 4.79 Å². The minimum absolute atomic E-state index is 0.130. The first-order valence-electron chi connectivity index (χ1n) is 4.62. The van der Waals surface area contributed by atoms with Gasteiger partial charge in [0.1, 0.15) is 11.4 Å². The van der Waals surface area contributed by atoms with Gasteiger partial charge < -0.3 is 4.42 Å². The molecule has 0 amide bonds. The molecule has 0 aliphatic rings. The molecule has 2 aromatic rings. The minimum Gasteiger partial charge on any atom is -0.426 e. The lowest BCUT2D eigenvalue weighted by atomic mass is 10.1. The fourth-order valence-electron chi connectivity index (χ4n) is 1.64.